The fourth-order valence-electron chi connectivity index (χ4n) is 3.71. The van der Waals surface area contributed by atoms with E-state index in [2.05, 4.69) is 5.32 Å². The lowest BCUT2D eigenvalue weighted by molar-refractivity contribution is 0.0698. The number of hydrogen-bond acceptors (Lipinski definition) is 6. The first-order chi connectivity index (χ1) is 14.6. The lowest BCUT2D eigenvalue weighted by Crippen LogP contribution is -2.38. The Labute approximate surface area is 185 Å². The molecule has 0 radical (unpaired) electrons. The van der Waals surface area contributed by atoms with E-state index in [1.807, 2.05) is 6.07 Å². The molecule has 31 heavy (non-hydrogen) atoms. The molecule has 0 unspecified atom stereocenters. The third kappa shape index (κ3) is 4.79. The average molecular weight is 462 g/mol. The molecule has 1 aromatic carbocycles. The Bertz CT molecular complexity index is 1160. The summed E-state index contributed by atoms with van der Waals surface area (Å²) in [6.07, 6.45) is 4.75. The Morgan fingerprint density at radius 2 is 1.90 bits per heavy atom. The number of aromatic carboxylic acids is 1. The Morgan fingerprint density at radius 3 is 2.52 bits per heavy atom. The van der Waals surface area contributed by atoms with E-state index < -0.39 is 21.9 Å². The van der Waals surface area contributed by atoms with Crippen molar-refractivity contribution in [3.05, 3.63) is 45.1 Å². The Hall–Kier alpha value is -2.74. The standard InChI is InChI=1S/C21H23N3O5S2/c1-13-19(31(28,29)24(2)15-6-4-3-5-7-15)11-18(30-13)20(25)23-17-9-8-14(12-22)10-16(17)21(26)27/h8-11,15H,3-7H2,1-2H3,(H,23,25)(H,26,27). The van der Waals surface area contributed by atoms with Crippen molar-refractivity contribution in [3.63, 3.8) is 0 Å². The number of nitrogens with one attached hydrogen (secondary N) is 1. The van der Waals surface area contributed by atoms with Gasteiger partial charge in [0.15, 0.2) is 0 Å². The minimum Gasteiger partial charge on any atom is -0.478 e. The number of anilines is 1. The van der Waals surface area contributed by atoms with Crippen LogP contribution in [0, 0.1) is 18.3 Å². The fraction of sp³-hybridized carbons (Fsp3) is 0.381. The van der Waals surface area contributed by atoms with Crippen LogP contribution in [0.15, 0.2) is 29.2 Å². The highest BCUT2D eigenvalue weighted by molar-refractivity contribution is 7.89. The second kappa shape index (κ2) is 9.18. The van der Waals surface area contributed by atoms with Crippen LogP contribution in [0.4, 0.5) is 5.69 Å². The highest BCUT2D eigenvalue weighted by Gasteiger charge is 2.32. The van der Waals surface area contributed by atoms with Gasteiger partial charge in [0.1, 0.15) is 0 Å². The number of carbonyl (C=O) groups is 2. The van der Waals surface area contributed by atoms with Crippen LogP contribution < -0.4 is 5.32 Å². The van der Waals surface area contributed by atoms with Gasteiger partial charge in [0.25, 0.3) is 5.91 Å². The maximum absolute atomic E-state index is 13.2. The van der Waals surface area contributed by atoms with E-state index in [4.69, 9.17) is 5.26 Å². The van der Waals surface area contributed by atoms with Crippen molar-refractivity contribution in [1.82, 2.24) is 4.31 Å². The Kier molecular flexibility index (Phi) is 6.79. The van der Waals surface area contributed by atoms with E-state index >= 15 is 0 Å². The second-order valence-corrected chi connectivity index (χ2v) is 10.7. The van der Waals surface area contributed by atoms with Crippen molar-refractivity contribution in [2.45, 2.75) is 50.0 Å². The normalized spacial score (nSPS) is 14.9. The van der Waals surface area contributed by atoms with Crippen molar-refractivity contribution >= 4 is 38.9 Å². The van der Waals surface area contributed by atoms with E-state index in [0.29, 0.717) is 4.88 Å². The van der Waals surface area contributed by atoms with Crippen LogP contribution in [0.1, 0.15) is 62.6 Å². The molecule has 10 heteroatoms. The van der Waals surface area contributed by atoms with Gasteiger partial charge in [-0.15, -0.1) is 11.3 Å². The van der Waals surface area contributed by atoms with Crippen molar-refractivity contribution in [2.24, 2.45) is 0 Å². The highest BCUT2D eigenvalue weighted by atomic mass is 32.2. The van der Waals surface area contributed by atoms with Crippen LogP contribution in [0.25, 0.3) is 0 Å². The number of sulfonamides is 1. The molecule has 2 N–H and O–H groups in total. The largest absolute Gasteiger partial charge is 0.478 e. The molecule has 1 heterocycles. The summed E-state index contributed by atoms with van der Waals surface area (Å²) < 4.78 is 27.7. The molecular weight excluding hydrogens is 438 g/mol. The molecule has 0 atom stereocenters. The van der Waals surface area contributed by atoms with E-state index in [0.717, 1.165) is 43.4 Å². The van der Waals surface area contributed by atoms with Gasteiger partial charge in [-0.3, -0.25) is 4.79 Å². The minimum absolute atomic E-state index is 0.0336. The molecule has 3 rings (SSSR count). The van der Waals surface area contributed by atoms with Crippen LogP contribution in [0.3, 0.4) is 0 Å². The molecule has 1 aliphatic carbocycles. The van der Waals surface area contributed by atoms with Crippen molar-refractivity contribution in [2.75, 3.05) is 12.4 Å². The van der Waals surface area contributed by atoms with Gasteiger partial charge in [-0.05, 0) is 44.0 Å². The minimum atomic E-state index is -3.75. The van der Waals surface area contributed by atoms with Crippen LogP contribution in [-0.2, 0) is 10.0 Å². The third-order valence-corrected chi connectivity index (χ3v) is 8.68. The summed E-state index contributed by atoms with van der Waals surface area (Å²) in [6, 6.07) is 7.06. The number of carboxylic acid groups (broad SMARTS) is 1. The molecule has 0 saturated heterocycles. The number of nitriles is 1. The smallest absolute Gasteiger partial charge is 0.337 e. The van der Waals surface area contributed by atoms with Gasteiger partial charge in [-0.1, -0.05) is 19.3 Å². The van der Waals surface area contributed by atoms with Crippen LogP contribution >= 0.6 is 11.3 Å². The monoisotopic (exact) mass is 461 g/mol. The van der Waals surface area contributed by atoms with Crippen LogP contribution in [-0.4, -0.2) is 42.8 Å². The molecule has 1 fully saturated rings. The predicted octanol–water partition coefficient (Wildman–Crippen LogP) is 3.83. The zero-order chi connectivity index (χ0) is 22.8. The maximum atomic E-state index is 13.2. The summed E-state index contributed by atoms with van der Waals surface area (Å²) in [7, 11) is -2.17. The zero-order valence-corrected chi connectivity index (χ0v) is 18.8. The number of thiophene rings is 1. The molecule has 0 aliphatic heterocycles. The Morgan fingerprint density at radius 1 is 1.23 bits per heavy atom. The van der Waals surface area contributed by atoms with E-state index in [1.165, 1.54) is 28.6 Å². The molecular formula is C21H23N3O5S2. The summed E-state index contributed by atoms with van der Waals surface area (Å²) in [5.41, 5.74) is -0.0293. The van der Waals surface area contributed by atoms with Gasteiger partial charge in [-0.25, -0.2) is 13.2 Å². The predicted molar refractivity (Wildman–Crippen MR) is 117 cm³/mol. The van der Waals surface area contributed by atoms with Gasteiger partial charge in [-0.2, -0.15) is 9.57 Å². The summed E-state index contributed by atoms with van der Waals surface area (Å²) in [4.78, 5) is 25.0. The topological polar surface area (TPSA) is 128 Å². The Balaban J connectivity index is 1.86. The number of carbonyl (C=O) groups excluding carboxylic acids is 1. The molecule has 0 spiro atoms. The molecule has 1 saturated carbocycles. The number of hydrogen-bond donors (Lipinski definition) is 2. The summed E-state index contributed by atoms with van der Waals surface area (Å²) in [5, 5.41) is 20.8. The lowest BCUT2D eigenvalue weighted by atomic mass is 9.96. The van der Waals surface area contributed by atoms with Crippen molar-refractivity contribution in [3.8, 4) is 6.07 Å². The SMILES string of the molecule is Cc1sc(C(=O)Nc2ccc(C#N)cc2C(=O)O)cc1S(=O)(=O)N(C)C1CCCCC1. The zero-order valence-electron chi connectivity index (χ0n) is 17.2. The van der Waals surface area contributed by atoms with E-state index in [9.17, 15) is 23.1 Å². The van der Waals surface area contributed by atoms with Crippen molar-refractivity contribution in [1.29, 1.82) is 5.26 Å². The van der Waals surface area contributed by atoms with Crippen LogP contribution in [0.5, 0.6) is 0 Å². The molecule has 1 aliphatic rings. The molecule has 8 nitrogen and oxygen atoms in total. The van der Waals surface area contributed by atoms with Gasteiger partial charge in [0.05, 0.1) is 32.7 Å². The van der Waals surface area contributed by atoms with Crippen molar-refractivity contribution < 1.29 is 23.1 Å². The average Bonchev–Trinajstić information content (AvgIpc) is 3.16. The first kappa shape index (κ1) is 22.9. The second-order valence-electron chi connectivity index (χ2n) is 7.48. The molecule has 164 valence electrons. The highest BCUT2D eigenvalue weighted by Crippen LogP contribution is 2.32. The summed E-state index contributed by atoms with van der Waals surface area (Å²) in [5.74, 6) is -1.89. The lowest BCUT2D eigenvalue weighted by Gasteiger charge is -2.30. The van der Waals surface area contributed by atoms with Crippen LogP contribution in [0.2, 0.25) is 0 Å². The quantitative estimate of drug-likeness (QED) is 0.673. The number of aryl methyl sites for hydroxylation is 1. The molecule has 1 aromatic heterocycles. The van der Waals surface area contributed by atoms with E-state index in [-0.39, 0.29) is 32.6 Å². The summed E-state index contributed by atoms with van der Waals surface area (Å²) in [6.45, 7) is 1.65. The first-order valence-corrected chi connectivity index (χ1v) is 12.1. The number of amides is 1. The number of rotatable bonds is 6. The first-order valence-electron chi connectivity index (χ1n) is 9.82. The van der Waals surface area contributed by atoms with Gasteiger partial charge in [0, 0.05) is 18.0 Å². The number of carboxylic acids is 1. The number of benzene rings is 1. The maximum Gasteiger partial charge on any atom is 0.337 e. The fourth-order valence-corrected chi connectivity index (χ4v) is 6.58. The molecule has 1 amide bonds. The van der Waals surface area contributed by atoms with E-state index in [1.54, 1.807) is 14.0 Å². The van der Waals surface area contributed by atoms with Gasteiger partial charge < -0.3 is 10.4 Å². The molecule has 2 aromatic rings. The summed E-state index contributed by atoms with van der Waals surface area (Å²) >= 11 is 1.04. The van der Waals surface area contributed by atoms with Gasteiger partial charge >= 0.3 is 5.97 Å². The number of nitrogens with zero attached hydrogens (tertiary/aromatic N) is 2. The third-order valence-electron chi connectivity index (χ3n) is 5.47. The molecule has 0 bridgehead atoms. The van der Waals surface area contributed by atoms with Gasteiger partial charge in [0.2, 0.25) is 10.0 Å².